The van der Waals surface area contributed by atoms with Crippen molar-refractivity contribution in [2.75, 3.05) is 45.2 Å². The molecule has 0 aliphatic carbocycles. The van der Waals surface area contributed by atoms with Gasteiger partial charge in [0.25, 0.3) is 11.5 Å². The number of piperazine rings is 1. The number of hydrogen-bond donors (Lipinski definition) is 1. The van der Waals surface area contributed by atoms with Gasteiger partial charge in [-0.25, -0.2) is 14.5 Å². The molecule has 0 spiro atoms. The number of amides is 1. The maximum atomic E-state index is 14.8. The number of fused-ring (bicyclic) bond motifs is 1. The molecule has 1 N–H and O–H groups in total. The number of nitrogens with zero attached hydrogens (tertiary/aromatic N) is 5. The van der Waals surface area contributed by atoms with Crippen LogP contribution in [-0.2, 0) is 13.0 Å². The molecule has 0 radical (unpaired) electrons. The monoisotopic (exact) mass is 500 g/mol. The van der Waals surface area contributed by atoms with Crippen LogP contribution in [0.5, 0.6) is 0 Å². The normalized spacial score (nSPS) is 13.9. The van der Waals surface area contributed by atoms with Crippen molar-refractivity contribution < 1.29 is 9.18 Å². The molecule has 0 unspecified atom stereocenters. The zero-order valence-electron chi connectivity index (χ0n) is 20.9. The van der Waals surface area contributed by atoms with Gasteiger partial charge in [0.1, 0.15) is 11.6 Å². The molecule has 5 rings (SSSR count). The largest absolute Gasteiger partial charge is 0.353 e. The van der Waals surface area contributed by atoms with Crippen LogP contribution in [0, 0.1) is 5.82 Å². The van der Waals surface area contributed by atoms with Crippen LogP contribution in [0.1, 0.15) is 27.2 Å². The molecule has 190 valence electrons. The van der Waals surface area contributed by atoms with Gasteiger partial charge in [0.15, 0.2) is 0 Å². The van der Waals surface area contributed by atoms with Crippen LogP contribution < -0.4 is 10.5 Å². The predicted molar refractivity (Wildman–Crippen MR) is 141 cm³/mol. The van der Waals surface area contributed by atoms with E-state index in [0.29, 0.717) is 43.7 Å². The first-order valence-corrected chi connectivity index (χ1v) is 12.3. The third kappa shape index (κ3) is 5.36. The van der Waals surface area contributed by atoms with Gasteiger partial charge in [0.05, 0.1) is 16.6 Å². The van der Waals surface area contributed by atoms with Crippen LogP contribution in [0.3, 0.4) is 0 Å². The Morgan fingerprint density at radius 3 is 2.43 bits per heavy atom. The fourth-order valence-electron chi connectivity index (χ4n) is 4.72. The van der Waals surface area contributed by atoms with Gasteiger partial charge in [-0.15, -0.1) is 0 Å². The van der Waals surface area contributed by atoms with Crippen LogP contribution >= 0.6 is 0 Å². The Bertz CT molecular complexity index is 1480. The smallest absolute Gasteiger partial charge is 0.272 e. The van der Waals surface area contributed by atoms with E-state index < -0.39 is 5.82 Å². The third-order valence-corrected chi connectivity index (χ3v) is 6.61. The summed E-state index contributed by atoms with van der Waals surface area (Å²) in [6, 6.07) is 15.9. The first-order valence-electron chi connectivity index (χ1n) is 12.3. The van der Waals surface area contributed by atoms with Crippen molar-refractivity contribution in [1.82, 2.24) is 25.0 Å². The average Bonchev–Trinajstić information content (AvgIpc) is 2.91. The van der Waals surface area contributed by atoms with Crippen LogP contribution in [-0.4, -0.2) is 71.2 Å². The highest BCUT2D eigenvalue weighted by molar-refractivity contribution is 5.95. The number of carbonyl (C=O) groups is 1. The van der Waals surface area contributed by atoms with Crippen LogP contribution in [0.2, 0.25) is 0 Å². The number of aromatic amines is 1. The van der Waals surface area contributed by atoms with E-state index >= 15 is 0 Å². The molecule has 2 aromatic carbocycles. The van der Waals surface area contributed by atoms with E-state index in [1.807, 2.05) is 38.5 Å². The molecular formula is C28H29FN6O2. The fraction of sp³-hybridized carbons (Fsp3) is 0.286. The van der Waals surface area contributed by atoms with E-state index in [2.05, 4.69) is 31.0 Å². The zero-order chi connectivity index (χ0) is 25.9. The maximum Gasteiger partial charge on any atom is 0.272 e. The lowest BCUT2D eigenvalue weighted by Crippen LogP contribution is -2.49. The number of aromatic nitrogens is 3. The van der Waals surface area contributed by atoms with Gasteiger partial charge in [-0.05, 0) is 49.5 Å². The Kier molecular flexibility index (Phi) is 6.96. The number of benzene rings is 2. The van der Waals surface area contributed by atoms with Crippen molar-refractivity contribution in [3.63, 3.8) is 0 Å². The molecule has 0 saturated carbocycles. The van der Waals surface area contributed by atoms with Crippen LogP contribution in [0.15, 0.2) is 65.6 Å². The molecule has 9 heteroatoms. The molecule has 8 nitrogen and oxygen atoms in total. The number of nitrogens with one attached hydrogen (secondary N) is 1. The number of rotatable bonds is 6. The second kappa shape index (κ2) is 10.5. The minimum absolute atomic E-state index is 0.0471. The standard InChI is InChI=1S/C28H29FN6O2/c1-33(2)18-20-8-10-26(30-17-20)34-11-13-35(14-12-34)28(37)23-15-19(7-9-24(23)29)16-25-21-5-3-4-6-22(21)27(36)32-31-25/h3-10,15,17H,11-14,16,18H2,1-2H3,(H,32,36). The van der Waals surface area contributed by atoms with Crippen LogP contribution in [0.4, 0.5) is 10.2 Å². The van der Waals surface area contributed by atoms with Gasteiger partial charge in [-0.1, -0.05) is 30.3 Å². The molecule has 1 aliphatic heterocycles. The molecule has 0 bridgehead atoms. The number of H-pyrrole nitrogens is 1. The minimum Gasteiger partial charge on any atom is -0.353 e. The first-order chi connectivity index (χ1) is 17.9. The first kappa shape index (κ1) is 24.6. The van der Waals surface area contributed by atoms with Crippen molar-refractivity contribution in [1.29, 1.82) is 0 Å². The van der Waals surface area contributed by atoms with Gasteiger partial charge in [-0.2, -0.15) is 5.10 Å². The summed E-state index contributed by atoms with van der Waals surface area (Å²) < 4.78 is 14.8. The molecule has 2 aromatic heterocycles. The minimum atomic E-state index is -0.548. The number of anilines is 1. The molecular weight excluding hydrogens is 471 g/mol. The Labute approximate surface area is 214 Å². The Balaban J connectivity index is 1.28. The van der Waals surface area contributed by atoms with Gasteiger partial charge in [0, 0.05) is 50.7 Å². The van der Waals surface area contributed by atoms with E-state index in [0.717, 1.165) is 28.9 Å². The lowest BCUT2D eigenvalue weighted by Gasteiger charge is -2.35. The van der Waals surface area contributed by atoms with Gasteiger partial charge in [0.2, 0.25) is 0 Å². The summed E-state index contributed by atoms with van der Waals surface area (Å²) in [5, 5.41) is 8.02. The molecule has 4 aromatic rings. The second-order valence-electron chi connectivity index (χ2n) is 9.58. The van der Waals surface area contributed by atoms with Gasteiger partial charge in [-0.3, -0.25) is 9.59 Å². The molecule has 1 fully saturated rings. The summed E-state index contributed by atoms with van der Waals surface area (Å²) in [5.41, 5.74) is 2.34. The number of hydrogen-bond acceptors (Lipinski definition) is 6. The molecule has 37 heavy (non-hydrogen) atoms. The average molecular weight is 501 g/mol. The summed E-state index contributed by atoms with van der Waals surface area (Å²) in [6.45, 7) is 3.04. The van der Waals surface area contributed by atoms with E-state index in [-0.39, 0.29) is 17.0 Å². The van der Waals surface area contributed by atoms with Crippen molar-refractivity contribution >= 4 is 22.5 Å². The Morgan fingerprint density at radius 2 is 1.73 bits per heavy atom. The van der Waals surface area contributed by atoms with E-state index in [1.165, 1.54) is 6.07 Å². The number of halogens is 1. The quantitative estimate of drug-likeness (QED) is 0.438. The number of pyridine rings is 1. The van der Waals surface area contributed by atoms with Gasteiger partial charge < -0.3 is 14.7 Å². The van der Waals surface area contributed by atoms with Gasteiger partial charge >= 0.3 is 0 Å². The molecule has 1 aliphatic rings. The van der Waals surface area contributed by atoms with E-state index in [4.69, 9.17) is 0 Å². The molecule has 1 amide bonds. The summed E-state index contributed by atoms with van der Waals surface area (Å²) in [7, 11) is 4.04. The highest BCUT2D eigenvalue weighted by atomic mass is 19.1. The van der Waals surface area contributed by atoms with Crippen molar-refractivity contribution in [2.24, 2.45) is 0 Å². The fourth-order valence-corrected chi connectivity index (χ4v) is 4.72. The third-order valence-electron chi connectivity index (χ3n) is 6.61. The Morgan fingerprint density at radius 1 is 1.00 bits per heavy atom. The molecule has 3 heterocycles. The van der Waals surface area contributed by atoms with E-state index in [9.17, 15) is 14.0 Å². The molecule has 1 saturated heterocycles. The summed E-state index contributed by atoms with van der Waals surface area (Å²) in [6.07, 6.45) is 2.25. The Hall–Kier alpha value is -4.11. The summed E-state index contributed by atoms with van der Waals surface area (Å²) >= 11 is 0. The lowest BCUT2D eigenvalue weighted by atomic mass is 10.0. The molecule has 0 atom stereocenters. The number of carbonyl (C=O) groups excluding carboxylic acids is 1. The van der Waals surface area contributed by atoms with E-state index in [1.54, 1.807) is 29.2 Å². The lowest BCUT2D eigenvalue weighted by molar-refractivity contribution is 0.0741. The van der Waals surface area contributed by atoms with Crippen molar-refractivity contribution in [3.8, 4) is 0 Å². The predicted octanol–water partition coefficient (Wildman–Crippen LogP) is 3.07. The highest BCUT2D eigenvalue weighted by Crippen LogP contribution is 2.21. The highest BCUT2D eigenvalue weighted by Gasteiger charge is 2.25. The maximum absolute atomic E-state index is 14.8. The van der Waals surface area contributed by atoms with Crippen molar-refractivity contribution in [3.05, 3.63) is 99.3 Å². The topological polar surface area (TPSA) is 85.4 Å². The van der Waals surface area contributed by atoms with Crippen molar-refractivity contribution in [2.45, 2.75) is 13.0 Å². The summed E-state index contributed by atoms with van der Waals surface area (Å²) in [4.78, 5) is 35.8. The zero-order valence-corrected chi connectivity index (χ0v) is 20.9. The summed E-state index contributed by atoms with van der Waals surface area (Å²) in [5.74, 6) is 0.00426. The second-order valence-corrected chi connectivity index (χ2v) is 9.58. The van der Waals surface area contributed by atoms with Crippen LogP contribution in [0.25, 0.3) is 10.8 Å². The SMILES string of the molecule is CN(C)Cc1ccc(N2CCN(C(=O)c3cc(Cc4n[nH]c(=O)c5ccccc45)ccc3F)CC2)nc1.